The van der Waals surface area contributed by atoms with Gasteiger partial charge in [0.2, 0.25) is 0 Å². The van der Waals surface area contributed by atoms with Gasteiger partial charge in [-0.1, -0.05) is 19.1 Å². The Morgan fingerprint density at radius 3 is 2.77 bits per heavy atom. The fourth-order valence-electron chi connectivity index (χ4n) is 2.74. The molecule has 0 aliphatic carbocycles. The molecule has 1 heterocycles. The van der Waals surface area contributed by atoms with Gasteiger partial charge >= 0.3 is 5.97 Å². The number of nitrogens with zero attached hydrogens (tertiary/aromatic N) is 2. The molecule has 1 aromatic heterocycles. The normalized spacial score (nSPS) is 10.7. The van der Waals surface area contributed by atoms with E-state index in [2.05, 4.69) is 17.3 Å². The number of aryl methyl sites for hydroxylation is 2. The summed E-state index contributed by atoms with van der Waals surface area (Å²) in [6.07, 6.45) is 1.12. The highest BCUT2D eigenvalue weighted by atomic mass is 32.2. The van der Waals surface area contributed by atoms with E-state index in [1.54, 1.807) is 11.8 Å². The second kappa shape index (κ2) is 9.43. The lowest BCUT2D eigenvalue weighted by molar-refractivity contribution is -0.136. The van der Waals surface area contributed by atoms with E-state index in [0.29, 0.717) is 17.1 Å². The Balaban J connectivity index is 2.03. The highest BCUT2D eigenvalue weighted by Gasteiger charge is 2.18. The first-order valence-corrected chi connectivity index (χ1v) is 9.81. The quantitative estimate of drug-likeness (QED) is 0.650. The second-order valence-electron chi connectivity index (χ2n) is 6.12. The maximum atomic E-state index is 12.7. The van der Waals surface area contributed by atoms with E-state index in [9.17, 15) is 9.59 Å². The SMILES string of the molecule is CCCn1nc(C)c(C(=O)Nc2cccc(CSCCC(=O)O)c2)c1C. The smallest absolute Gasteiger partial charge is 0.304 e. The van der Waals surface area contributed by atoms with Crippen LogP contribution in [-0.4, -0.2) is 32.5 Å². The molecule has 0 radical (unpaired) electrons. The molecule has 0 saturated carbocycles. The van der Waals surface area contributed by atoms with Crippen LogP contribution in [0.5, 0.6) is 0 Å². The number of thioether (sulfide) groups is 1. The molecule has 1 amide bonds. The maximum absolute atomic E-state index is 12.7. The minimum atomic E-state index is -0.784. The topological polar surface area (TPSA) is 84.2 Å². The number of carbonyl (C=O) groups excluding carboxylic acids is 1. The lowest BCUT2D eigenvalue weighted by atomic mass is 10.1. The zero-order valence-corrected chi connectivity index (χ0v) is 16.2. The second-order valence-corrected chi connectivity index (χ2v) is 7.22. The molecule has 0 unspecified atom stereocenters. The minimum absolute atomic E-state index is 0.154. The van der Waals surface area contributed by atoms with Crippen LogP contribution in [0.25, 0.3) is 0 Å². The Hall–Kier alpha value is -2.28. The van der Waals surface area contributed by atoms with Gasteiger partial charge in [0.1, 0.15) is 0 Å². The number of hydrogen-bond acceptors (Lipinski definition) is 4. The largest absolute Gasteiger partial charge is 0.481 e. The number of carboxylic acids is 1. The van der Waals surface area contributed by atoms with Gasteiger partial charge in [-0.05, 0) is 38.0 Å². The number of carbonyl (C=O) groups is 2. The zero-order valence-electron chi connectivity index (χ0n) is 15.4. The Kier molecular flexibility index (Phi) is 7.26. The predicted molar refractivity (Wildman–Crippen MR) is 105 cm³/mol. The van der Waals surface area contributed by atoms with Gasteiger partial charge in [0.05, 0.1) is 17.7 Å². The van der Waals surface area contributed by atoms with E-state index < -0.39 is 5.97 Å². The molecule has 7 heteroatoms. The van der Waals surface area contributed by atoms with Crippen LogP contribution in [0.3, 0.4) is 0 Å². The van der Waals surface area contributed by atoms with Crippen molar-refractivity contribution in [2.45, 2.75) is 45.9 Å². The van der Waals surface area contributed by atoms with E-state index >= 15 is 0 Å². The standard InChI is InChI=1S/C19H25N3O3S/c1-4-9-22-14(3)18(13(2)21-22)19(25)20-16-7-5-6-15(11-16)12-26-10-8-17(23)24/h5-7,11H,4,8-10,12H2,1-3H3,(H,20,25)(H,23,24). The average molecular weight is 375 g/mol. The molecule has 0 spiro atoms. The molecule has 2 N–H and O–H groups in total. The van der Waals surface area contributed by atoms with Gasteiger partial charge in [-0.3, -0.25) is 14.3 Å². The molecular weight excluding hydrogens is 350 g/mol. The monoisotopic (exact) mass is 375 g/mol. The van der Waals surface area contributed by atoms with Crippen molar-refractivity contribution >= 4 is 29.3 Å². The summed E-state index contributed by atoms with van der Waals surface area (Å²) < 4.78 is 1.87. The lowest BCUT2D eigenvalue weighted by Crippen LogP contribution is -2.14. The van der Waals surface area contributed by atoms with Gasteiger partial charge in [0.15, 0.2) is 0 Å². The molecule has 0 saturated heterocycles. The van der Waals surface area contributed by atoms with Crippen molar-refractivity contribution in [3.05, 3.63) is 46.8 Å². The summed E-state index contributed by atoms with van der Waals surface area (Å²) in [7, 11) is 0. The van der Waals surface area contributed by atoms with E-state index in [1.807, 2.05) is 42.8 Å². The van der Waals surface area contributed by atoms with Crippen molar-refractivity contribution in [1.82, 2.24) is 9.78 Å². The molecule has 0 aliphatic heterocycles. The van der Waals surface area contributed by atoms with E-state index in [4.69, 9.17) is 5.11 Å². The van der Waals surface area contributed by atoms with Crippen molar-refractivity contribution in [3.63, 3.8) is 0 Å². The number of aromatic nitrogens is 2. The predicted octanol–water partition coefficient (Wildman–Crippen LogP) is 3.87. The van der Waals surface area contributed by atoms with Crippen molar-refractivity contribution in [2.24, 2.45) is 0 Å². The summed E-state index contributed by atoms with van der Waals surface area (Å²) in [5, 5.41) is 16.1. The lowest BCUT2D eigenvalue weighted by Gasteiger charge is -2.08. The Bertz CT molecular complexity index is 786. The number of anilines is 1. The summed E-state index contributed by atoms with van der Waals surface area (Å²) in [5.74, 6) is 0.343. The van der Waals surface area contributed by atoms with Crippen LogP contribution in [0.1, 0.15) is 47.1 Å². The van der Waals surface area contributed by atoms with Gasteiger partial charge in [-0.15, -0.1) is 0 Å². The zero-order chi connectivity index (χ0) is 19.1. The van der Waals surface area contributed by atoms with Crippen LogP contribution in [0.2, 0.25) is 0 Å². The number of hydrogen-bond donors (Lipinski definition) is 2. The van der Waals surface area contributed by atoms with Gasteiger partial charge in [0, 0.05) is 29.4 Å². The van der Waals surface area contributed by atoms with Crippen LogP contribution < -0.4 is 5.32 Å². The van der Waals surface area contributed by atoms with Crippen LogP contribution in [0.4, 0.5) is 5.69 Å². The molecule has 0 bridgehead atoms. The van der Waals surface area contributed by atoms with Crippen molar-refractivity contribution < 1.29 is 14.7 Å². The summed E-state index contributed by atoms with van der Waals surface area (Å²) in [6.45, 7) is 6.64. The van der Waals surface area contributed by atoms with E-state index in [0.717, 1.165) is 35.6 Å². The summed E-state index contributed by atoms with van der Waals surface area (Å²) in [4.78, 5) is 23.2. The number of amides is 1. The third-order valence-corrected chi connectivity index (χ3v) is 4.99. The third kappa shape index (κ3) is 5.36. The first-order chi connectivity index (χ1) is 12.4. The maximum Gasteiger partial charge on any atom is 0.304 e. The van der Waals surface area contributed by atoms with Gasteiger partial charge in [0.25, 0.3) is 5.91 Å². The van der Waals surface area contributed by atoms with Gasteiger partial charge in [-0.25, -0.2) is 0 Å². The van der Waals surface area contributed by atoms with Gasteiger partial charge in [-0.2, -0.15) is 16.9 Å². The first-order valence-electron chi connectivity index (χ1n) is 8.66. The fraction of sp³-hybridized carbons (Fsp3) is 0.421. The molecular formula is C19H25N3O3S. The Morgan fingerprint density at radius 1 is 1.31 bits per heavy atom. The highest BCUT2D eigenvalue weighted by Crippen LogP contribution is 2.20. The summed E-state index contributed by atoms with van der Waals surface area (Å²) >= 11 is 1.57. The van der Waals surface area contributed by atoms with Gasteiger partial charge < -0.3 is 10.4 Å². The number of rotatable bonds is 9. The fourth-order valence-corrected chi connectivity index (χ4v) is 3.62. The van der Waals surface area contributed by atoms with Crippen molar-refractivity contribution in [2.75, 3.05) is 11.1 Å². The number of aliphatic carboxylic acids is 1. The summed E-state index contributed by atoms with van der Waals surface area (Å²) in [5.41, 5.74) is 4.01. The number of nitrogens with one attached hydrogen (secondary N) is 1. The third-order valence-electron chi connectivity index (χ3n) is 3.96. The molecule has 2 rings (SSSR count). The molecule has 26 heavy (non-hydrogen) atoms. The number of benzene rings is 1. The van der Waals surface area contributed by atoms with Crippen LogP contribution >= 0.6 is 11.8 Å². The molecule has 0 fully saturated rings. The van der Waals surface area contributed by atoms with Crippen LogP contribution in [0.15, 0.2) is 24.3 Å². The average Bonchev–Trinajstić information content (AvgIpc) is 2.86. The first kappa shape index (κ1) is 20.0. The van der Waals surface area contributed by atoms with Crippen LogP contribution in [0, 0.1) is 13.8 Å². The summed E-state index contributed by atoms with van der Waals surface area (Å²) in [6, 6.07) is 7.64. The molecule has 140 valence electrons. The highest BCUT2D eigenvalue weighted by molar-refractivity contribution is 7.98. The van der Waals surface area contributed by atoms with Crippen LogP contribution in [-0.2, 0) is 17.1 Å². The van der Waals surface area contributed by atoms with Crippen molar-refractivity contribution in [1.29, 1.82) is 0 Å². The van der Waals surface area contributed by atoms with E-state index in [-0.39, 0.29) is 12.3 Å². The Labute approximate surface area is 158 Å². The van der Waals surface area contributed by atoms with Crippen molar-refractivity contribution in [3.8, 4) is 0 Å². The molecule has 0 atom stereocenters. The molecule has 1 aromatic carbocycles. The molecule has 0 aliphatic rings. The van der Waals surface area contributed by atoms with E-state index in [1.165, 1.54) is 0 Å². The minimum Gasteiger partial charge on any atom is -0.481 e. The molecule has 2 aromatic rings. The number of carboxylic acid groups (broad SMARTS) is 1. The Morgan fingerprint density at radius 2 is 2.08 bits per heavy atom. The molecule has 6 nitrogen and oxygen atoms in total.